The molecule has 31 heavy (non-hydrogen) atoms. The van der Waals surface area contributed by atoms with E-state index in [0.29, 0.717) is 28.8 Å². The van der Waals surface area contributed by atoms with E-state index in [1.165, 1.54) is 6.07 Å². The third-order valence-electron chi connectivity index (χ3n) is 6.40. The van der Waals surface area contributed by atoms with Gasteiger partial charge in [0.1, 0.15) is 17.2 Å². The summed E-state index contributed by atoms with van der Waals surface area (Å²) in [5.74, 6) is -2.98. The molecular formula is C24H22F5NO. The quantitative estimate of drug-likeness (QED) is 0.519. The maximum atomic E-state index is 13.9. The van der Waals surface area contributed by atoms with E-state index in [2.05, 4.69) is 5.32 Å². The van der Waals surface area contributed by atoms with E-state index in [1.54, 1.807) is 12.1 Å². The van der Waals surface area contributed by atoms with Gasteiger partial charge >= 0.3 is 6.18 Å². The van der Waals surface area contributed by atoms with Crippen molar-refractivity contribution in [1.82, 2.24) is 0 Å². The minimum Gasteiger partial charge on any atom is -0.322 e. The lowest BCUT2D eigenvalue weighted by Gasteiger charge is -2.19. The van der Waals surface area contributed by atoms with Gasteiger partial charge < -0.3 is 5.32 Å². The fourth-order valence-corrected chi connectivity index (χ4v) is 4.99. The first-order valence-electron chi connectivity index (χ1n) is 10.4. The summed E-state index contributed by atoms with van der Waals surface area (Å²) in [4.78, 5) is 12.4. The summed E-state index contributed by atoms with van der Waals surface area (Å²) in [6.07, 6.45) is -1.42. The van der Waals surface area contributed by atoms with Crippen LogP contribution < -0.4 is 5.32 Å². The van der Waals surface area contributed by atoms with Crippen LogP contribution in [0.1, 0.15) is 54.1 Å². The minimum absolute atomic E-state index is 0.0279. The first-order chi connectivity index (χ1) is 14.7. The highest BCUT2D eigenvalue weighted by Gasteiger charge is 2.47. The number of alkyl halides is 3. The molecule has 2 aliphatic rings. The van der Waals surface area contributed by atoms with Crippen LogP contribution in [-0.2, 0) is 6.42 Å². The average molecular weight is 435 g/mol. The lowest BCUT2D eigenvalue weighted by molar-refractivity contribution is -0.0933. The number of nitrogens with one attached hydrogen (secondary N) is 1. The van der Waals surface area contributed by atoms with E-state index in [4.69, 9.17) is 0 Å². The van der Waals surface area contributed by atoms with Crippen LogP contribution in [0.15, 0.2) is 42.0 Å². The van der Waals surface area contributed by atoms with Crippen LogP contribution in [-0.4, -0.2) is 12.1 Å². The van der Waals surface area contributed by atoms with E-state index in [1.807, 2.05) is 6.92 Å². The number of rotatable bonds is 4. The average Bonchev–Trinajstić information content (AvgIpc) is 3.29. The first-order valence-corrected chi connectivity index (χ1v) is 10.4. The van der Waals surface area contributed by atoms with Crippen LogP contribution in [0.5, 0.6) is 0 Å². The van der Waals surface area contributed by atoms with Crippen molar-refractivity contribution >= 4 is 17.2 Å². The van der Waals surface area contributed by atoms with Crippen molar-refractivity contribution in [3.05, 3.63) is 70.3 Å². The Morgan fingerprint density at radius 3 is 2.45 bits per heavy atom. The highest BCUT2D eigenvalue weighted by Crippen LogP contribution is 2.55. The Balaban J connectivity index is 1.69. The molecule has 2 atom stereocenters. The number of amides is 1. The molecule has 4 rings (SSSR count). The van der Waals surface area contributed by atoms with Crippen LogP contribution in [0.3, 0.4) is 0 Å². The van der Waals surface area contributed by atoms with Crippen LogP contribution in [0.2, 0.25) is 0 Å². The number of aryl methyl sites for hydroxylation is 1. The number of benzene rings is 2. The number of hydrogen-bond donors (Lipinski definition) is 1. The Bertz CT molecular complexity index is 1040. The second-order valence-corrected chi connectivity index (χ2v) is 8.17. The SMILES string of the molecule is CCc1cc(C2=C(C(F)(F)F)CC3CCCC23)ccc1NC(=O)c1c(F)cccc1F. The van der Waals surface area contributed by atoms with Crippen molar-refractivity contribution in [2.24, 2.45) is 11.8 Å². The number of carbonyl (C=O) groups is 1. The van der Waals surface area contributed by atoms with Crippen molar-refractivity contribution in [2.45, 2.75) is 45.2 Å². The standard InChI is InChI=1S/C24H22F5NO/c1-2-13-11-15(21-16-6-3-5-14(16)12-17(21)24(27,28)29)9-10-20(13)30-23(31)22-18(25)7-4-8-19(22)26/h4,7-11,14,16H,2-3,5-6,12H2,1H3,(H,30,31). The molecule has 164 valence electrons. The van der Waals surface area contributed by atoms with E-state index >= 15 is 0 Å². The predicted octanol–water partition coefficient (Wildman–Crippen LogP) is 6.92. The second kappa shape index (κ2) is 8.09. The Kier molecular flexibility index (Phi) is 5.62. The molecule has 2 unspecified atom stereocenters. The Morgan fingerprint density at radius 1 is 1.10 bits per heavy atom. The number of hydrogen-bond acceptors (Lipinski definition) is 1. The van der Waals surface area contributed by atoms with Crippen LogP contribution in [0.25, 0.3) is 5.57 Å². The van der Waals surface area contributed by atoms with Gasteiger partial charge in [0.25, 0.3) is 5.91 Å². The molecule has 2 aliphatic carbocycles. The molecule has 0 aromatic heterocycles. The van der Waals surface area contributed by atoms with Crippen molar-refractivity contribution in [3.63, 3.8) is 0 Å². The third-order valence-corrected chi connectivity index (χ3v) is 6.40. The van der Waals surface area contributed by atoms with E-state index in [-0.39, 0.29) is 18.3 Å². The molecule has 1 fully saturated rings. The summed E-state index contributed by atoms with van der Waals surface area (Å²) in [6, 6.07) is 7.89. The Labute approximate surface area is 177 Å². The topological polar surface area (TPSA) is 29.1 Å². The number of allylic oxidation sites excluding steroid dienone is 2. The molecule has 0 saturated heterocycles. The van der Waals surface area contributed by atoms with Gasteiger partial charge in [-0.15, -0.1) is 0 Å². The highest BCUT2D eigenvalue weighted by atomic mass is 19.4. The zero-order chi connectivity index (χ0) is 22.3. The van der Waals surface area contributed by atoms with Gasteiger partial charge in [-0.3, -0.25) is 4.79 Å². The molecular weight excluding hydrogens is 413 g/mol. The Hall–Kier alpha value is -2.70. The summed E-state index contributed by atoms with van der Waals surface area (Å²) in [6.45, 7) is 1.81. The van der Waals surface area contributed by atoms with Gasteiger partial charge in [0.2, 0.25) is 0 Å². The van der Waals surface area contributed by atoms with Gasteiger partial charge in [0.15, 0.2) is 0 Å². The first kappa shape index (κ1) is 21.5. The molecule has 2 aromatic rings. The van der Waals surface area contributed by atoms with E-state index in [9.17, 15) is 26.7 Å². The number of carbonyl (C=O) groups excluding carboxylic acids is 1. The molecule has 0 radical (unpaired) electrons. The lowest BCUT2D eigenvalue weighted by atomic mass is 9.88. The molecule has 7 heteroatoms. The molecule has 2 nitrogen and oxygen atoms in total. The van der Waals surface area contributed by atoms with Gasteiger partial charge in [0, 0.05) is 11.3 Å². The van der Waals surface area contributed by atoms with Gasteiger partial charge in [-0.1, -0.05) is 25.5 Å². The number of fused-ring (bicyclic) bond motifs is 1. The van der Waals surface area contributed by atoms with Crippen molar-refractivity contribution in [3.8, 4) is 0 Å². The molecule has 0 aliphatic heterocycles. The zero-order valence-corrected chi connectivity index (χ0v) is 17.0. The summed E-state index contributed by atoms with van der Waals surface area (Å²) < 4.78 is 69.0. The van der Waals surface area contributed by atoms with Crippen LogP contribution in [0.4, 0.5) is 27.6 Å². The highest BCUT2D eigenvalue weighted by molar-refractivity contribution is 6.05. The maximum Gasteiger partial charge on any atom is 0.412 e. The number of halogens is 5. The molecule has 0 bridgehead atoms. The van der Waals surface area contributed by atoms with Gasteiger partial charge in [-0.2, -0.15) is 13.2 Å². The third kappa shape index (κ3) is 3.98. The molecule has 1 N–H and O–H groups in total. The van der Waals surface area contributed by atoms with Gasteiger partial charge in [-0.05, 0) is 78.5 Å². The van der Waals surface area contributed by atoms with Gasteiger partial charge in [0.05, 0.1) is 0 Å². The van der Waals surface area contributed by atoms with Crippen LogP contribution >= 0.6 is 0 Å². The molecule has 1 saturated carbocycles. The van der Waals surface area contributed by atoms with Crippen LogP contribution in [0, 0.1) is 23.5 Å². The number of anilines is 1. The molecule has 0 spiro atoms. The predicted molar refractivity (Wildman–Crippen MR) is 109 cm³/mol. The normalized spacial score (nSPS) is 20.8. The van der Waals surface area contributed by atoms with Gasteiger partial charge in [-0.25, -0.2) is 8.78 Å². The molecule has 2 aromatic carbocycles. The molecule has 0 heterocycles. The zero-order valence-electron chi connectivity index (χ0n) is 17.0. The summed E-state index contributed by atoms with van der Waals surface area (Å²) in [7, 11) is 0. The second-order valence-electron chi connectivity index (χ2n) is 8.17. The summed E-state index contributed by atoms with van der Waals surface area (Å²) >= 11 is 0. The minimum atomic E-state index is -4.37. The monoisotopic (exact) mass is 435 g/mol. The summed E-state index contributed by atoms with van der Waals surface area (Å²) in [5, 5.41) is 2.51. The van der Waals surface area contributed by atoms with E-state index in [0.717, 1.165) is 37.5 Å². The van der Waals surface area contributed by atoms with Crippen molar-refractivity contribution < 1.29 is 26.7 Å². The smallest absolute Gasteiger partial charge is 0.322 e. The molecule has 1 amide bonds. The maximum absolute atomic E-state index is 13.9. The fourth-order valence-electron chi connectivity index (χ4n) is 4.99. The van der Waals surface area contributed by atoms with Crippen molar-refractivity contribution in [2.75, 3.05) is 5.32 Å². The summed E-state index contributed by atoms with van der Waals surface area (Å²) in [5.41, 5.74) is 0.665. The Morgan fingerprint density at radius 2 is 1.81 bits per heavy atom. The lowest BCUT2D eigenvalue weighted by Crippen LogP contribution is -2.17. The van der Waals surface area contributed by atoms with Crippen molar-refractivity contribution in [1.29, 1.82) is 0 Å². The largest absolute Gasteiger partial charge is 0.412 e. The van der Waals surface area contributed by atoms with E-state index < -0.39 is 34.9 Å². The fraction of sp³-hybridized carbons (Fsp3) is 0.375.